The highest BCUT2D eigenvalue weighted by Gasteiger charge is 2.23. The fraction of sp³-hybridized carbons (Fsp3) is 0.238. The first-order chi connectivity index (χ1) is 12.0. The van der Waals surface area contributed by atoms with Crippen molar-refractivity contribution < 1.29 is 0 Å². The lowest BCUT2D eigenvalue weighted by Gasteiger charge is -2.19. The maximum atomic E-state index is 6.63. The molecule has 1 aliphatic rings. The molecule has 0 amide bonds. The molecule has 1 unspecified atom stereocenters. The summed E-state index contributed by atoms with van der Waals surface area (Å²) < 4.78 is 1.96. The van der Waals surface area contributed by atoms with Gasteiger partial charge in [0.1, 0.15) is 0 Å². The van der Waals surface area contributed by atoms with Crippen molar-refractivity contribution in [3.05, 3.63) is 83.6 Å². The zero-order valence-corrected chi connectivity index (χ0v) is 15.0. The molecule has 0 bridgehead atoms. The fourth-order valence-corrected chi connectivity index (χ4v) is 3.13. The monoisotopic (exact) mass is 332 g/mol. The van der Waals surface area contributed by atoms with Crippen molar-refractivity contribution in [2.24, 2.45) is 17.8 Å². The van der Waals surface area contributed by atoms with Crippen LogP contribution in [0, 0.1) is 6.92 Å². The largest absolute Gasteiger partial charge is 0.336 e. The number of aromatic nitrogens is 2. The van der Waals surface area contributed by atoms with Crippen LogP contribution in [-0.4, -0.2) is 15.3 Å². The first-order valence-corrected chi connectivity index (χ1v) is 8.41. The van der Waals surface area contributed by atoms with Crippen molar-refractivity contribution in [2.45, 2.75) is 26.3 Å². The SMILES string of the molecule is C=C1C=C(C(N)c2cncn2C)c2cc(C)ccc2CC1=N/C=C\C. The second-order valence-corrected chi connectivity index (χ2v) is 6.43. The Morgan fingerprint density at radius 1 is 1.40 bits per heavy atom. The second kappa shape index (κ2) is 7.03. The maximum absolute atomic E-state index is 6.63. The topological polar surface area (TPSA) is 56.2 Å². The average molecular weight is 332 g/mol. The lowest BCUT2D eigenvalue weighted by Crippen LogP contribution is -2.16. The summed E-state index contributed by atoms with van der Waals surface area (Å²) >= 11 is 0. The Balaban J connectivity index is 2.17. The van der Waals surface area contributed by atoms with Gasteiger partial charge >= 0.3 is 0 Å². The summed E-state index contributed by atoms with van der Waals surface area (Å²) in [5.41, 5.74) is 14.1. The van der Waals surface area contributed by atoms with Gasteiger partial charge in [-0.1, -0.05) is 36.4 Å². The normalized spacial score (nSPS) is 17.5. The highest BCUT2D eigenvalue weighted by molar-refractivity contribution is 6.07. The van der Waals surface area contributed by atoms with Gasteiger partial charge in [-0.05, 0) is 42.2 Å². The molecule has 1 atom stereocenters. The molecule has 0 spiro atoms. The number of aliphatic imine (C=N–C) groups is 1. The van der Waals surface area contributed by atoms with Crippen LogP contribution in [0.5, 0.6) is 0 Å². The third kappa shape index (κ3) is 3.39. The van der Waals surface area contributed by atoms with Gasteiger partial charge in [0.2, 0.25) is 0 Å². The minimum absolute atomic E-state index is 0.272. The van der Waals surface area contributed by atoms with Gasteiger partial charge in [0.25, 0.3) is 0 Å². The van der Waals surface area contributed by atoms with Crippen molar-refractivity contribution in [3.8, 4) is 0 Å². The predicted octanol–water partition coefficient (Wildman–Crippen LogP) is 3.90. The van der Waals surface area contributed by atoms with E-state index in [0.717, 1.165) is 29.0 Å². The van der Waals surface area contributed by atoms with Gasteiger partial charge in [-0.2, -0.15) is 0 Å². The standard InChI is InChI=1S/C21H24N4/c1-5-8-24-19-11-16-7-6-14(2)9-17(16)18(10-15(19)3)21(22)20-12-23-13-25(20)4/h5-10,12-13,21H,3,11,22H2,1-2,4H3/b8-5-,24-19?. The van der Waals surface area contributed by atoms with Gasteiger partial charge in [0.05, 0.1) is 30.0 Å². The molecule has 128 valence electrons. The summed E-state index contributed by atoms with van der Waals surface area (Å²) in [5.74, 6) is 0. The smallest absolute Gasteiger partial charge is 0.0946 e. The van der Waals surface area contributed by atoms with Gasteiger partial charge in [0.15, 0.2) is 0 Å². The van der Waals surface area contributed by atoms with E-state index in [9.17, 15) is 0 Å². The van der Waals surface area contributed by atoms with Crippen molar-refractivity contribution in [2.75, 3.05) is 0 Å². The number of aryl methyl sites for hydroxylation is 2. The Labute approximate surface area is 149 Å². The van der Waals surface area contributed by atoms with Gasteiger partial charge in [-0.15, -0.1) is 0 Å². The van der Waals surface area contributed by atoms with Crippen LogP contribution in [0.4, 0.5) is 0 Å². The third-order valence-electron chi connectivity index (χ3n) is 4.52. The van der Waals surface area contributed by atoms with Crippen LogP contribution in [0.15, 0.2) is 66.2 Å². The van der Waals surface area contributed by atoms with E-state index in [1.807, 2.05) is 37.0 Å². The lowest BCUT2D eigenvalue weighted by atomic mass is 9.91. The van der Waals surface area contributed by atoms with E-state index in [1.54, 1.807) is 6.33 Å². The van der Waals surface area contributed by atoms with Crippen LogP contribution >= 0.6 is 0 Å². The van der Waals surface area contributed by atoms with E-state index in [2.05, 4.69) is 47.8 Å². The highest BCUT2D eigenvalue weighted by Crippen LogP contribution is 2.34. The van der Waals surface area contributed by atoms with Crippen LogP contribution < -0.4 is 5.73 Å². The van der Waals surface area contributed by atoms with E-state index in [0.29, 0.717) is 0 Å². The minimum atomic E-state index is -0.272. The van der Waals surface area contributed by atoms with Crippen molar-refractivity contribution in [3.63, 3.8) is 0 Å². The zero-order valence-electron chi connectivity index (χ0n) is 15.0. The Morgan fingerprint density at radius 3 is 2.88 bits per heavy atom. The summed E-state index contributed by atoms with van der Waals surface area (Å²) in [4.78, 5) is 8.78. The van der Waals surface area contributed by atoms with E-state index in [4.69, 9.17) is 5.73 Å². The molecule has 0 aliphatic heterocycles. The molecule has 4 heteroatoms. The third-order valence-corrected chi connectivity index (χ3v) is 4.52. The lowest BCUT2D eigenvalue weighted by molar-refractivity contribution is 0.773. The van der Waals surface area contributed by atoms with Crippen LogP contribution in [0.25, 0.3) is 5.57 Å². The number of nitrogens with zero attached hydrogens (tertiary/aromatic N) is 3. The number of hydrogen-bond donors (Lipinski definition) is 1. The minimum Gasteiger partial charge on any atom is -0.336 e. The molecule has 2 N–H and O–H groups in total. The zero-order chi connectivity index (χ0) is 18.0. The van der Waals surface area contributed by atoms with Gasteiger partial charge in [-0.25, -0.2) is 4.98 Å². The summed E-state index contributed by atoms with van der Waals surface area (Å²) in [6.07, 6.45) is 10.2. The Morgan fingerprint density at radius 2 is 2.20 bits per heavy atom. The fourth-order valence-electron chi connectivity index (χ4n) is 3.13. The molecule has 25 heavy (non-hydrogen) atoms. The molecule has 3 rings (SSSR count). The van der Waals surface area contributed by atoms with E-state index >= 15 is 0 Å². The molecule has 1 aromatic heterocycles. The first kappa shape index (κ1) is 17.1. The molecular formula is C21H24N4. The Hall–Kier alpha value is -2.72. The highest BCUT2D eigenvalue weighted by atomic mass is 15.0. The van der Waals surface area contributed by atoms with E-state index < -0.39 is 0 Å². The molecule has 2 aromatic rings. The first-order valence-electron chi connectivity index (χ1n) is 8.41. The molecule has 1 heterocycles. The second-order valence-electron chi connectivity index (χ2n) is 6.43. The molecule has 0 saturated heterocycles. The van der Waals surface area contributed by atoms with Crippen molar-refractivity contribution >= 4 is 11.3 Å². The quantitative estimate of drug-likeness (QED) is 0.927. The predicted molar refractivity (Wildman–Crippen MR) is 104 cm³/mol. The van der Waals surface area contributed by atoms with E-state index in [-0.39, 0.29) is 6.04 Å². The van der Waals surface area contributed by atoms with Gasteiger partial charge in [0, 0.05) is 19.7 Å². The van der Waals surface area contributed by atoms with Crippen molar-refractivity contribution in [1.29, 1.82) is 0 Å². The van der Waals surface area contributed by atoms with E-state index in [1.165, 1.54) is 16.7 Å². The molecule has 0 fully saturated rings. The summed E-state index contributed by atoms with van der Waals surface area (Å²) in [6.45, 7) is 8.29. The molecule has 0 radical (unpaired) electrons. The van der Waals surface area contributed by atoms with Crippen LogP contribution in [0.3, 0.4) is 0 Å². The Kier molecular flexibility index (Phi) is 4.81. The van der Waals surface area contributed by atoms with Gasteiger partial charge in [-0.3, -0.25) is 4.99 Å². The number of imidazole rings is 1. The summed E-state index contributed by atoms with van der Waals surface area (Å²) in [5, 5.41) is 0. The number of allylic oxidation sites excluding steroid dienone is 3. The number of nitrogens with two attached hydrogens (primary N) is 1. The maximum Gasteiger partial charge on any atom is 0.0946 e. The average Bonchev–Trinajstić information content (AvgIpc) is 2.97. The van der Waals surface area contributed by atoms with Crippen molar-refractivity contribution in [1.82, 2.24) is 9.55 Å². The summed E-state index contributed by atoms with van der Waals surface area (Å²) in [6, 6.07) is 6.22. The number of hydrogen-bond acceptors (Lipinski definition) is 3. The molecule has 0 saturated carbocycles. The molecule has 1 aliphatic carbocycles. The molecular weight excluding hydrogens is 308 g/mol. The van der Waals surface area contributed by atoms with Crippen LogP contribution in [-0.2, 0) is 13.5 Å². The number of fused-ring (bicyclic) bond motifs is 1. The number of rotatable bonds is 3. The van der Waals surface area contributed by atoms with Crippen LogP contribution in [0.1, 0.15) is 35.3 Å². The van der Waals surface area contributed by atoms with Gasteiger partial charge < -0.3 is 10.3 Å². The van der Waals surface area contributed by atoms with Crippen LogP contribution in [0.2, 0.25) is 0 Å². The molecule has 4 nitrogen and oxygen atoms in total. The summed E-state index contributed by atoms with van der Waals surface area (Å²) in [7, 11) is 1.96. The number of benzene rings is 1. The molecule has 1 aromatic carbocycles. The Bertz CT molecular complexity index is 896.